The van der Waals surface area contributed by atoms with Crippen molar-refractivity contribution in [2.24, 2.45) is 0 Å². The highest BCUT2D eigenvalue weighted by atomic mass is 35.5. The molecular formula is C18H22ClNOS. The molecule has 0 bridgehead atoms. The van der Waals surface area contributed by atoms with Crippen LogP contribution in [0.3, 0.4) is 0 Å². The van der Waals surface area contributed by atoms with E-state index in [1.165, 1.54) is 5.56 Å². The smallest absolute Gasteiger partial charge is 0.142 e. The third kappa shape index (κ3) is 4.34. The number of aryl methyl sites for hydroxylation is 1. The lowest BCUT2D eigenvalue weighted by Crippen LogP contribution is -2.31. The van der Waals surface area contributed by atoms with Gasteiger partial charge in [0, 0.05) is 11.6 Å². The van der Waals surface area contributed by atoms with E-state index in [2.05, 4.69) is 36.1 Å². The zero-order valence-electron chi connectivity index (χ0n) is 13.0. The van der Waals surface area contributed by atoms with Gasteiger partial charge in [-0.3, -0.25) is 0 Å². The second kappa shape index (κ2) is 8.35. The first kappa shape index (κ1) is 17.0. The molecule has 0 spiro atoms. The molecule has 0 fully saturated rings. The minimum absolute atomic E-state index is 0.109. The van der Waals surface area contributed by atoms with Crippen molar-refractivity contribution < 1.29 is 4.74 Å². The Morgan fingerprint density at radius 2 is 1.91 bits per heavy atom. The van der Waals surface area contributed by atoms with Crippen LogP contribution in [0.1, 0.15) is 18.9 Å². The molecule has 2 nitrogen and oxygen atoms in total. The lowest BCUT2D eigenvalue weighted by Gasteiger charge is -2.31. The number of benzene rings is 2. The molecule has 0 aliphatic carbocycles. The van der Waals surface area contributed by atoms with Crippen molar-refractivity contribution in [2.75, 3.05) is 18.6 Å². The number of anilines is 1. The summed E-state index contributed by atoms with van der Waals surface area (Å²) in [5.74, 6) is 0.824. The number of rotatable bonds is 7. The van der Waals surface area contributed by atoms with Gasteiger partial charge in [-0.25, -0.2) is 0 Å². The van der Waals surface area contributed by atoms with E-state index in [1.54, 1.807) is 7.11 Å². The fraction of sp³-hybridized carbons (Fsp3) is 0.333. The van der Waals surface area contributed by atoms with Gasteiger partial charge in [0.15, 0.2) is 0 Å². The molecule has 0 aliphatic heterocycles. The summed E-state index contributed by atoms with van der Waals surface area (Å²) < 4.78 is 5.46. The third-order valence-corrected chi connectivity index (χ3v) is 4.46. The minimum Gasteiger partial charge on any atom is -0.495 e. The van der Waals surface area contributed by atoms with Crippen LogP contribution in [-0.2, 0) is 6.42 Å². The fourth-order valence-electron chi connectivity index (χ4n) is 2.53. The first-order valence-electron chi connectivity index (χ1n) is 7.48. The number of hydrogen-bond donors (Lipinski definition) is 1. The van der Waals surface area contributed by atoms with Crippen molar-refractivity contribution >= 4 is 29.9 Å². The summed E-state index contributed by atoms with van der Waals surface area (Å²) in [5.41, 5.74) is 2.32. The Hall–Kier alpha value is -1.32. The van der Waals surface area contributed by atoms with E-state index in [-0.39, 0.29) is 5.37 Å². The minimum atomic E-state index is 0.109. The van der Waals surface area contributed by atoms with Gasteiger partial charge in [-0.15, -0.1) is 0 Å². The Kier molecular flexibility index (Phi) is 6.47. The second-order valence-electron chi connectivity index (χ2n) is 5.11. The van der Waals surface area contributed by atoms with E-state index in [0.717, 1.165) is 30.8 Å². The maximum absolute atomic E-state index is 6.15. The molecule has 0 saturated carbocycles. The Morgan fingerprint density at radius 1 is 1.18 bits per heavy atom. The van der Waals surface area contributed by atoms with E-state index < -0.39 is 0 Å². The van der Waals surface area contributed by atoms with Crippen LogP contribution in [0.25, 0.3) is 0 Å². The summed E-state index contributed by atoms with van der Waals surface area (Å²) in [6.07, 6.45) is 1.95. The van der Waals surface area contributed by atoms with Crippen molar-refractivity contribution in [2.45, 2.75) is 25.1 Å². The number of methoxy groups -OCH3 is 1. The number of ether oxygens (including phenoxy) is 1. The van der Waals surface area contributed by atoms with Crippen molar-refractivity contribution in [3.63, 3.8) is 0 Å². The van der Waals surface area contributed by atoms with Crippen LogP contribution in [0.4, 0.5) is 5.69 Å². The lowest BCUT2D eigenvalue weighted by molar-refractivity contribution is 0.414. The topological polar surface area (TPSA) is 12.5 Å². The molecular weight excluding hydrogens is 314 g/mol. The van der Waals surface area contributed by atoms with Crippen LogP contribution in [0.5, 0.6) is 5.75 Å². The number of thiol groups is 1. The highest BCUT2D eigenvalue weighted by Gasteiger charge is 2.18. The van der Waals surface area contributed by atoms with Crippen LogP contribution >= 0.6 is 24.2 Å². The summed E-state index contributed by atoms with van der Waals surface area (Å²) in [6, 6.07) is 16.2. The largest absolute Gasteiger partial charge is 0.495 e. The number of nitrogens with zero attached hydrogens (tertiary/aromatic N) is 1. The zero-order chi connectivity index (χ0) is 15.9. The molecule has 0 radical (unpaired) electrons. The van der Waals surface area contributed by atoms with Gasteiger partial charge in [0.1, 0.15) is 5.75 Å². The molecule has 1 unspecified atom stereocenters. The molecule has 0 aliphatic rings. The van der Waals surface area contributed by atoms with Gasteiger partial charge in [0.2, 0.25) is 0 Å². The predicted molar refractivity (Wildman–Crippen MR) is 98.6 cm³/mol. The van der Waals surface area contributed by atoms with Crippen LogP contribution in [0.15, 0.2) is 48.5 Å². The number of halogens is 1. The monoisotopic (exact) mass is 335 g/mol. The first-order chi connectivity index (χ1) is 10.7. The standard InChI is InChI=1S/C18H22ClNOS/c1-3-20(16-13-15(19)10-11-17(16)21-2)18(22)12-9-14-7-5-4-6-8-14/h4-8,10-11,13,18,22H,3,9,12H2,1-2H3. The summed E-state index contributed by atoms with van der Waals surface area (Å²) in [7, 11) is 1.68. The Labute approximate surface area is 143 Å². The van der Waals surface area contributed by atoms with Gasteiger partial charge in [0.05, 0.1) is 18.2 Å². The molecule has 0 heterocycles. The Balaban J connectivity index is 2.12. The van der Waals surface area contributed by atoms with E-state index in [4.69, 9.17) is 29.0 Å². The lowest BCUT2D eigenvalue weighted by atomic mass is 10.1. The molecule has 0 aromatic heterocycles. The Morgan fingerprint density at radius 3 is 2.55 bits per heavy atom. The van der Waals surface area contributed by atoms with E-state index in [9.17, 15) is 0 Å². The first-order valence-corrected chi connectivity index (χ1v) is 8.37. The fourth-order valence-corrected chi connectivity index (χ4v) is 3.11. The molecule has 2 aromatic rings. The van der Waals surface area contributed by atoms with Crippen LogP contribution in [0.2, 0.25) is 5.02 Å². The molecule has 22 heavy (non-hydrogen) atoms. The molecule has 0 amide bonds. The number of hydrogen-bond acceptors (Lipinski definition) is 3. The summed E-state index contributed by atoms with van der Waals surface area (Å²) in [5, 5.41) is 0.815. The van der Waals surface area contributed by atoms with E-state index in [0.29, 0.717) is 5.02 Å². The van der Waals surface area contributed by atoms with Gasteiger partial charge in [0.25, 0.3) is 0 Å². The van der Waals surface area contributed by atoms with Crippen LogP contribution in [0, 0.1) is 0 Å². The molecule has 4 heteroatoms. The van der Waals surface area contributed by atoms with Crippen LogP contribution < -0.4 is 9.64 Å². The van der Waals surface area contributed by atoms with Crippen molar-refractivity contribution in [1.82, 2.24) is 0 Å². The summed E-state index contributed by atoms with van der Waals surface area (Å²) in [6.45, 7) is 2.96. The van der Waals surface area contributed by atoms with Crippen molar-refractivity contribution in [3.05, 3.63) is 59.1 Å². The maximum Gasteiger partial charge on any atom is 0.142 e. The second-order valence-corrected chi connectivity index (χ2v) is 6.14. The van der Waals surface area contributed by atoms with Gasteiger partial charge in [-0.2, -0.15) is 12.6 Å². The van der Waals surface area contributed by atoms with Gasteiger partial charge in [-0.05, 0) is 43.5 Å². The average Bonchev–Trinajstić information content (AvgIpc) is 2.55. The zero-order valence-corrected chi connectivity index (χ0v) is 14.6. The van der Waals surface area contributed by atoms with Crippen LogP contribution in [-0.4, -0.2) is 19.0 Å². The predicted octanol–water partition coefficient (Wildman–Crippen LogP) is 5.06. The molecule has 0 saturated heterocycles. The highest BCUT2D eigenvalue weighted by molar-refractivity contribution is 7.81. The van der Waals surface area contributed by atoms with Gasteiger partial charge in [-0.1, -0.05) is 41.9 Å². The quantitative estimate of drug-likeness (QED) is 0.560. The van der Waals surface area contributed by atoms with Gasteiger partial charge >= 0.3 is 0 Å². The summed E-state index contributed by atoms with van der Waals surface area (Å²) >= 11 is 10.9. The van der Waals surface area contributed by atoms with E-state index in [1.807, 2.05) is 24.3 Å². The van der Waals surface area contributed by atoms with Crippen molar-refractivity contribution in [3.8, 4) is 5.75 Å². The maximum atomic E-state index is 6.15. The molecule has 2 aromatic carbocycles. The molecule has 2 rings (SSSR count). The third-order valence-electron chi connectivity index (χ3n) is 3.68. The highest BCUT2D eigenvalue weighted by Crippen LogP contribution is 2.33. The van der Waals surface area contributed by atoms with Gasteiger partial charge < -0.3 is 9.64 Å². The Bertz CT molecular complexity index is 591. The van der Waals surface area contributed by atoms with E-state index >= 15 is 0 Å². The molecule has 118 valence electrons. The molecule has 1 atom stereocenters. The summed E-state index contributed by atoms with van der Waals surface area (Å²) in [4.78, 5) is 2.22. The average molecular weight is 336 g/mol. The molecule has 0 N–H and O–H groups in total. The normalized spacial score (nSPS) is 12.0. The SMILES string of the molecule is CCN(c1cc(Cl)ccc1OC)C(S)CCc1ccccc1. The van der Waals surface area contributed by atoms with Crippen molar-refractivity contribution in [1.29, 1.82) is 0 Å².